The van der Waals surface area contributed by atoms with Crippen LogP contribution in [0.5, 0.6) is 0 Å². The van der Waals surface area contributed by atoms with Gasteiger partial charge in [-0.15, -0.1) is 0 Å². The number of sulfone groups is 1. The second-order valence-corrected chi connectivity index (χ2v) is 8.22. The lowest BCUT2D eigenvalue weighted by molar-refractivity contribution is 0.315. The summed E-state index contributed by atoms with van der Waals surface area (Å²) in [7, 11) is -2.86. The number of fused-ring (bicyclic) bond motifs is 1. The molecule has 1 aliphatic heterocycles. The Balaban J connectivity index is 1.82. The summed E-state index contributed by atoms with van der Waals surface area (Å²) in [6.07, 6.45) is 5.79. The molecule has 3 rings (SSSR count). The minimum absolute atomic E-state index is 0.197. The molecule has 0 bridgehead atoms. The van der Waals surface area contributed by atoms with E-state index in [4.69, 9.17) is 0 Å². The minimum Gasteiger partial charge on any atom is -0.302 e. The van der Waals surface area contributed by atoms with Crippen molar-refractivity contribution in [1.29, 1.82) is 0 Å². The van der Waals surface area contributed by atoms with Crippen molar-refractivity contribution >= 4 is 9.84 Å². The molecule has 1 aromatic heterocycles. The van der Waals surface area contributed by atoms with Crippen molar-refractivity contribution in [3.63, 3.8) is 0 Å². The maximum Gasteiger partial charge on any atom is 0.152 e. The number of nitrogens with one attached hydrogen (secondary N) is 1. The van der Waals surface area contributed by atoms with Gasteiger partial charge in [0.25, 0.3) is 0 Å². The predicted octanol–water partition coefficient (Wildman–Crippen LogP) is 1.63. The molecule has 2 heterocycles. The Kier molecular flexibility index (Phi) is 3.14. The molecule has 1 fully saturated rings. The molecule has 1 aliphatic carbocycles. The second-order valence-electron chi connectivity index (χ2n) is 6.04. The molecule has 1 saturated heterocycles. The van der Waals surface area contributed by atoms with Crippen molar-refractivity contribution in [1.82, 2.24) is 10.3 Å². The molecule has 104 valence electrons. The fourth-order valence-electron chi connectivity index (χ4n) is 3.29. The first-order chi connectivity index (χ1) is 8.98. The van der Waals surface area contributed by atoms with Crippen LogP contribution in [0.2, 0.25) is 0 Å². The summed E-state index contributed by atoms with van der Waals surface area (Å²) in [5.74, 6) is 0.553. The molecule has 5 heteroatoms. The Morgan fingerprint density at radius 2 is 2.32 bits per heavy atom. The molecule has 4 nitrogen and oxygen atoms in total. The molecule has 0 spiro atoms. The van der Waals surface area contributed by atoms with E-state index in [2.05, 4.69) is 16.4 Å². The highest BCUT2D eigenvalue weighted by atomic mass is 32.2. The molecule has 2 unspecified atom stereocenters. The number of nitrogens with zero attached hydrogens (tertiary/aromatic N) is 1. The molecule has 0 amide bonds. The van der Waals surface area contributed by atoms with E-state index in [1.165, 1.54) is 5.56 Å². The van der Waals surface area contributed by atoms with Crippen LogP contribution in [-0.4, -0.2) is 30.4 Å². The van der Waals surface area contributed by atoms with E-state index in [1.807, 2.05) is 19.2 Å². The van der Waals surface area contributed by atoms with Crippen molar-refractivity contribution in [2.45, 2.75) is 44.2 Å². The van der Waals surface area contributed by atoms with Gasteiger partial charge in [0.1, 0.15) is 0 Å². The quantitative estimate of drug-likeness (QED) is 0.894. The number of aromatic nitrogens is 1. The Bertz CT molecular complexity index is 585. The van der Waals surface area contributed by atoms with Gasteiger partial charge in [-0.05, 0) is 44.2 Å². The molecule has 2 aliphatic rings. The van der Waals surface area contributed by atoms with Gasteiger partial charge in [0.2, 0.25) is 0 Å². The van der Waals surface area contributed by atoms with E-state index >= 15 is 0 Å². The van der Waals surface area contributed by atoms with Gasteiger partial charge in [0.15, 0.2) is 9.84 Å². The van der Waals surface area contributed by atoms with Crippen molar-refractivity contribution in [3.05, 3.63) is 29.6 Å². The summed E-state index contributed by atoms with van der Waals surface area (Å²) < 4.78 is 23.4. The molecule has 2 atom stereocenters. The number of hydrogen-bond donors (Lipinski definition) is 1. The van der Waals surface area contributed by atoms with Crippen LogP contribution in [0.3, 0.4) is 0 Å². The highest BCUT2D eigenvalue weighted by molar-refractivity contribution is 7.91. The van der Waals surface area contributed by atoms with E-state index in [9.17, 15) is 8.42 Å². The summed E-state index contributed by atoms with van der Waals surface area (Å²) in [5, 5.41) is 3.56. The highest BCUT2D eigenvalue weighted by Crippen LogP contribution is 2.32. The fourth-order valence-corrected chi connectivity index (χ4v) is 5.40. The molecular weight excluding hydrogens is 260 g/mol. The highest BCUT2D eigenvalue weighted by Gasteiger charge is 2.40. The van der Waals surface area contributed by atoms with Gasteiger partial charge in [0.05, 0.1) is 23.2 Å². The zero-order valence-corrected chi connectivity index (χ0v) is 12.0. The Labute approximate surface area is 114 Å². The van der Waals surface area contributed by atoms with E-state index in [1.54, 1.807) is 0 Å². The van der Waals surface area contributed by atoms with Gasteiger partial charge < -0.3 is 5.32 Å². The first-order valence-electron chi connectivity index (χ1n) is 6.89. The lowest BCUT2D eigenvalue weighted by atomic mass is 9.89. The third kappa shape index (κ3) is 2.67. The molecular formula is C14H20N2O2S. The largest absolute Gasteiger partial charge is 0.302 e. The molecule has 1 N–H and O–H groups in total. The summed E-state index contributed by atoms with van der Waals surface area (Å²) >= 11 is 0. The molecule has 1 aromatic rings. The SMILES string of the molecule is CC1(NC2CCCc3cccnc32)CCS(=O)(=O)C1. The number of hydrogen-bond acceptors (Lipinski definition) is 4. The molecule has 19 heavy (non-hydrogen) atoms. The smallest absolute Gasteiger partial charge is 0.152 e. The zero-order chi connectivity index (χ0) is 13.5. The lowest BCUT2D eigenvalue weighted by Gasteiger charge is -2.33. The zero-order valence-electron chi connectivity index (χ0n) is 11.2. The Hall–Kier alpha value is -0.940. The third-order valence-corrected chi connectivity index (χ3v) is 6.12. The van der Waals surface area contributed by atoms with Crippen LogP contribution >= 0.6 is 0 Å². The normalized spacial score (nSPS) is 33.0. The van der Waals surface area contributed by atoms with Crippen LogP contribution in [-0.2, 0) is 16.3 Å². The van der Waals surface area contributed by atoms with Gasteiger partial charge in [-0.1, -0.05) is 6.07 Å². The Morgan fingerprint density at radius 1 is 1.47 bits per heavy atom. The van der Waals surface area contributed by atoms with Gasteiger partial charge in [0, 0.05) is 11.7 Å². The van der Waals surface area contributed by atoms with Gasteiger partial charge in [-0.25, -0.2) is 8.42 Å². The van der Waals surface area contributed by atoms with Crippen molar-refractivity contribution in [2.75, 3.05) is 11.5 Å². The first kappa shape index (κ1) is 13.1. The maximum absolute atomic E-state index is 11.7. The monoisotopic (exact) mass is 280 g/mol. The summed E-state index contributed by atoms with van der Waals surface area (Å²) in [5.41, 5.74) is 2.12. The van der Waals surface area contributed by atoms with Crippen LogP contribution in [0.15, 0.2) is 18.3 Å². The van der Waals surface area contributed by atoms with Crippen LogP contribution in [0.4, 0.5) is 0 Å². The third-order valence-electron chi connectivity index (χ3n) is 4.22. The summed E-state index contributed by atoms with van der Waals surface area (Å²) in [6, 6.07) is 4.30. The van der Waals surface area contributed by atoms with Crippen LogP contribution in [0.25, 0.3) is 0 Å². The van der Waals surface area contributed by atoms with Crippen LogP contribution in [0.1, 0.15) is 43.5 Å². The second kappa shape index (κ2) is 4.56. The van der Waals surface area contributed by atoms with Crippen molar-refractivity contribution in [3.8, 4) is 0 Å². The van der Waals surface area contributed by atoms with E-state index in [0.717, 1.165) is 25.0 Å². The van der Waals surface area contributed by atoms with Gasteiger partial charge >= 0.3 is 0 Å². The fraction of sp³-hybridized carbons (Fsp3) is 0.643. The van der Waals surface area contributed by atoms with Crippen LogP contribution < -0.4 is 5.32 Å². The molecule has 0 saturated carbocycles. The minimum atomic E-state index is -2.86. The lowest BCUT2D eigenvalue weighted by Crippen LogP contribution is -2.46. The first-order valence-corrected chi connectivity index (χ1v) is 8.72. The van der Waals surface area contributed by atoms with Crippen molar-refractivity contribution in [2.24, 2.45) is 0 Å². The molecule has 0 aromatic carbocycles. The van der Waals surface area contributed by atoms with Crippen molar-refractivity contribution < 1.29 is 8.42 Å². The topological polar surface area (TPSA) is 59.1 Å². The average molecular weight is 280 g/mol. The standard InChI is InChI=1S/C14H20N2O2S/c1-14(7-9-19(17,18)10-14)16-12-6-2-4-11-5-3-8-15-13(11)12/h3,5,8,12,16H,2,4,6-7,9-10H2,1H3. The van der Waals surface area contributed by atoms with E-state index in [0.29, 0.717) is 12.2 Å². The maximum atomic E-state index is 11.7. The number of rotatable bonds is 2. The Morgan fingerprint density at radius 3 is 3.05 bits per heavy atom. The predicted molar refractivity (Wildman–Crippen MR) is 74.7 cm³/mol. The van der Waals surface area contributed by atoms with Gasteiger partial charge in [-0.2, -0.15) is 0 Å². The van der Waals surface area contributed by atoms with Gasteiger partial charge in [-0.3, -0.25) is 4.98 Å². The van der Waals surface area contributed by atoms with E-state index in [-0.39, 0.29) is 17.3 Å². The van der Waals surface area contributed by atoms with E-state index < -0.39 is 9.84 Å². The molecule has 0 radical (unpaired) electrons. The summed E-state index contributed by atoms with van der Waals surface area (Å²) in [4.78, 5) is 4.50. The van der Waals surface area contributed by atoms with Crippen LogP contribution in [0, 0.1) is 0 Å². The number of pyridine rings is 1. The summed E-state index contributed by atoms with van der Waals surface area (Å²) in [6.45, 7) is 2.02. The average Bonchev–Trinajstić information content (AvgIpc) is 2.64. The number of aryl methyl sites for hydroxylation is 1.